The average molecular weight is 238 g/mol. The maximum absolute atomic E-state index is 11.8. The van der Waals surface area contributed by atoms with Crippen molar-refractivity contribution in [2.24, 2.45) is 11.8 Å². The topological polar surface area (TPSA) is 37.4 Å². The molecule has 2 unspecified atom stereocenters. The number of sulfonamides is 1. The highest BCUT2D eigenvalue weighted by atomic mass is 35.5. The van der Waals surface area contributed by atoms with Gasteiger partial charge in [0.25, 0.3) is 0 Å². The molecular weight excluding hydrogens is 222 g/mol. The summed E-state index contributed by atoms with van der Waals surface area (Å²) in [6, 6.07) is 0. The first-order chi connectivity index (χ1) is 6.49. The van der Waals surface area contributed by atoms with Crippen LogP contribution in [-0.2, 0) is 10.0 Å². The zero-order chi connectivity index (χ0) is 10.3. The van der Waals surface area contributed by atoms with Gasteiger partial charge >= 0.3 is 0 Å². The Morgan fingerprint density at radius 2 is 2.00 bits per heavy atom. The Bertz CT molecular complexity index is 303. The molecule has 5 heteroatoms. The van der Waals surface area contributed by atoms with Crippen LogP contribution in [0.5, 0.6) is 0 Å². The van der Waals surface area contributed by atoms with Gasteiger partial charge in [0.15, 0.2) is 0 Å². The molecule has 14 heavy (non-hydrogen) atoms. The number of alkyl halides is 1. The van der Waals surface area contributed by atoms with Gasteiger partial charge in [0.05, 0.1) is 11.1 Å². The predicted octanol–water partition coefficient (Wildman–Crippen LogP) is 1.29. The van der Waals surface area contributed by atoms with Crippen molar-refractivity contribution in [2.45, 2.75) is 25.1 Å². The van der Waals surface area contributed by atoms with E-state index < -0.39 is 10.0 Å². The lowest BCUT2D eigenvalue weighted by Crippen LogP contribution is -2.32. The van der Waals surface area contributed by atoms with E-state index in [1.54, 1.807) is 4.31 Å². The lowest BCUT2D eigenvalue weighted by molar-refractivity contribution is 0.462. The summed E-state index contributed by atoms with van der Waals surface area (Å²) in [4.78, 5) is 0. The third-order valence-electron chi connectivity index (χ3n) is 3.02. The molecule has 0 aromatic heterocycles. The van der Waals surface area contributed by atoms with Crippen LogP contribution in [0.4, 0.5) is 0 Å². The second-order valence-electron chi connectivity index (χ2n) is 4.53. The first kappa shape index (κ1) is 10.7. The Hall–Kier alpha value is 0.200. The van der Waals surface area contributed by atoms with Crippen molar-refractivity contribution < 1.29 is 8.42 Å². The lowest BCUT2D eigenvalue weighted by atomic mass is 10.2. The Kier molecular flexibility index (Phi) is 2.79. The summed E-state index contributed by atoms with van der Waals surface area (Å²) in [5.74, 6) is 1.04. The van der Waals surface area contributed by atoms with Crippen LogP contribution in [0.25, 0.3) is 0 Å². The molecule has 1 aliphatic heterocycles. The highest BCUT2D eigenvalue weighted by Crippen LogP contribution is 2.33. The van der Waals surface area contributed by atoms with Crippen molar-refractivity contribution in [3.63, 3.8) is 0 Å². The molecule has 1 aliphatic carbocycles. The Labute approximate surface area is 90.5 Å². The normalized spacial score (nSPS) is 35.0. The van der Waals surface area contributed by atoms with E-state index in [4.69, 9.17) is 11.6 Å². The second kappa shape index (κ2) is 3.65. The van der Waals surface area contributed by atoms with Gasteiger partial charge in [-0.15, -0.1) is 11.6 Å². The monoisotopic (exact) mass is 237 g/mol. The van der Waals surface area contributed by atoms with Gasteiger partial charge in [0, 0.05) is 13.1 Å². The molecule has 1 heterocycles. The lowest BCUT2D eigenvalue weighted by Gasteiger charge is -2.15. The van der Waals surface area contributed by atoms with Crippen molar-refractivity contribution in [3.05, 3.63) is 0 Å². The summed E-state index contributed by atoms with van der Waals surface area (Å²) in [6.45, 7) is 3.10. The van der Waals surface area contributed by atoms with Gasteiger partial charge in [-0.1, -0.05) is 6.92 Å². The molecule has 1 saturated heterocycles. The first-order valence-corrected chi connectivity index (χ1v) is 7.15. The largest absolute Gasteiger partial charge is 0.214 e. The van der Waals surface area contributed by atoms with E-state index in [2.05, 4.69) is 0 Å². The van der Waals surface area contributed by atoms with Gasteiger partial charge in [0.1, 0.15) is 0 Å². The van der Waals surface area contributed by atoms with E-state index in [0.717, 1.165) is 12.8 Å². The van der Waals surface area contributed by atoms with E-state index >= 15 is 0 Å². The number of hydrogen-bond acceptors (Lipinski definition) is 2. The van der Waals surface area contributed by atoms with Crippen molar-refractivity contribution in [3.8, 4) is 0 Å². The molecule has 0 N–H and O–H groups in total. The zero-order valence-corrected chi connectivity index (χ0v) is 9.89. The van der Waals surface area contributed by atoms with E-state index in [9.17, 15) is 8.42 Å². The van der Waals surface area contributed by atoms with Crippen LogP contribution in [0.3, 0.4) is 0 Å². The van der Waals surface area contributed by atoms with Crippen LogP contribution in [0, 0.1) is 11.8 Å². The highest BCUT2D eigenvalue weighted by molar-refractivity contribution is 7.89. The molecule has 2 fully saturated rings. The molecule has 2 atom stereocenters. The van der Waals surface area contributed by atoms with Crippen LogP contribution in [-0.4, -0.2) is 36.9 Å². The molecule has 0 amide bonds. The maximum atomic E-state index is 11.8. The quantitative estimate of drug-likeness (QED) is 0.694. The smallest absolute Gasteiger partial charge is 0.212 e. The van der Waals surface area contributed by atoms with E-state index in [-0.39, 0.29) is 11.3 Å². The standard InChI is InChI=1S/C9H16ClNO2S/c1-7-4-11(5-9(7)10)14(12,13)6-8-2-3-8/h7-9H,2-6H2,1H3. The summed E-state index contributed by atoms with van der Waals surface area (Å²) >= 11 is 6.01. The van der Waals surface area contributed by atoms with Gasteiger partial charge in [-0.3, -0.25) is 0 Å². The fourth-order valence-electron chi connectivity index (χ4n) is 1.80. The number of halogens is 1. The number of rotatable bonds is 3. The van der Waals surface area contributed by atoms with Crippen molar-refractivity contribution in [1.82, 2.24) is 4.31 Å². The number of hydrogen-bond donors (Lipinski definition) is 0. The van der Waals surface area contributed by atoms with Crippen LogP contribution >= 0.6 is 11.6 Å². The Balaban J connectivity index is 2.00. The third kappa shape index (κ3) is 2.23. The molecule has 1 saturated carbocycles. The van der Waals surface area contributed by atoms with Crippen LogP contribution in [0.2, 0.25) is 0 Å². The second-order valence-corrected chi connectivity index (χ2v) is 7.11. The Morgan fingerprint density at radius 1 is 1.36 bits per heavy atom. The van der Waals surface area contributed by atoms with Crippen molar-refractivity contribution in [2.75, 3.05) is 18.8 Å². The molecule has 0 aromatic carbocycles. The highest BCUT2D eigenvalue weighted by Gasteiger charge is 2.38. The molecule has 2 aliphatic rings. The summed E-state index contributed by atoms with van der Waals surface area (Å²) in [5.41, 5.74) is 0. The fraction of sp³-hybridized carbons (Fsp3) is 1.00. The maximum Gasteiger partial charge on any atom is 0.214 e. The molecule has 0 bridgehead atoms. The minimum atomic E-state index is -3.01. The fourth-order valence-corrected chi connectivity index (χ4v) is 4.12. The number of nitrogens with zero attached hydrogens (tertiary/aromatic N) is 1. The van der Waals surface area contributed by atoms with E-state index in [1.165, 1.54) is 0 Å². The molecule has 0 aromatic rings. The van der Waals surface area contributed by atoms with Gasteiger partial charge in [-0.2, -0.15) is 0 Å². The average Bonchev–Trinajstić information content (AvgIpc) is 2.79. The summed E-state index contributed by atoms with van der Waals surface area (Å²) < 4.78 is 25.2. The van der Waals surface area contributed by atoms with E-state index in [1.807, 2.05) is 6.92 Å². The van der Waals surface area contributed by atoms with Crippen molar-refractivity contribution in [1.29, 1.82) is 0 Å². The van der Waals surface area contributed by atoms with Crippen LogP contribution in [0.15, 0.2) is 0 Å². The SMILES string of the molecule is CC1CN(S(=O)(=O)CC2CC2)CC1Cl. The van der Waals surface area contributed by atoms with Gasteiger partial charge in [-0.25, -0.2) is 12.7 Å². The molecule has 82 valence electrons. The molecule has 3 nitrogen and oxygen atoms in total. The molecular formula is C9H16ClNO2S. The zero-order valence-electron chi connectivity index (χ0n) is 8.32. The summed E-state index contributed by atoms with van der Waals surface area (Å²) in [6.07, 6.45) is 2.15. The third-order valence-corrected chi connectivity index (χ3v) is 5.57. The predicted molar refractivity (Wildman–Crippen MR) is 56.9 cm³/mol. The summed E-state index contributed by atoms with van der Waals surface area (Å²) in [5, 5.41) is -0.0102. The van der Waals surface area contributed by atoms with Crippen LogP contribution < -0.4 is 0 Å². The van der Waals surface area contributed by atoms with Gasteiger partial charge in [0.2, 0.25) is 10.0 Å². The molecule has 0 radical (unpaired) electrons. The first-order valence-electron chi connectivity index (χ1n) is 5.11. The van der Waals surface area contributed by atoms with Crippen LogP contribution in [0.1, 0.15) is 19.8 Å². The van der Waals surface area contributed by atoms with E-state index in [0.29, 0.717) is 24.8 Å². The Morgan fingerprint density at radius 3 is 2.43 bits per heavy atom. The minimum absolute atomic E-state index is 0.0102. The molecule has 2 rings (SSSR count). The van der Waals surface area contributed by atoms with Gasteiger partial charge in [-0.05, 0) is 24.7 Å². The van der Waals surface area contributed by atoms with Crippen molar-refractivity contribution >= 4 is 21.6 Å². The van der Waals surface area contributed by atoms with Gasteiger partial charge < -0.3 is 0 Å². The molecule has 0 spiro atoms. The minimum Gasteiger partial charge on any atom is -0.212 e. The summed E-state index contributed by atoms with van der Waals surface area (Å²) in [7, 11) is -3.01.